The molecule has 1 aromatic heterocycles. The number of aromatic nitrogens is 2. The van der Waals surface area contributed by atoms with E-state index in [0.29, 0.717) is 6.54 Å². The molecule has 0 radical (unpaired) electrons. The van der Waals surface area contributed by atoms with Gasteiger partial charge in [-0.2, -0.15) is 5.10 Å². The van der Waals surface area contributed by atoms with E-state index in [2.05, 4.69) is 32.9 Å². The number of hydrogen-bond acceptors (Lipinski definition) is 3. The zero-order valence-corrected chi connectivity index (χ0v) is 12.9. The minimum atomic E-state index is -0.673. The number of likely N-dealkylation sites (N-methyl/N-ethyl adjacent to an activating group) is 1. The van der Waals surface area contributed by atoms with Gasteiger partial charge < -0.3 is 5.11 Å². The summed E-state index contributed by atoms with van der Waals surface area (Å²) in [4.78, 5) is 2.10. The predicted molar refractivity (Wildman–Crippen MR) is 72.9 cm³/mol. The Morgan fingerprint density at radius 2 is 2.06 bits per heavy atom. The molecule has 0 unspecified atom stereocenters. The Balaban J connectivity index is 2.78. The molecule has 1 heterocycles. The highest BCUT2D eigenvalue weighted by Gasteiger charge is 2.19. The van der Waals surface area contributed by atoms with E-state index in [1.165, 1.54) is 0 Å². The Morgan fingerprint density at radius 3 is 2.47 bits per heavy atom. The monoisotopic (exact) mass is 303 g/mol. The summed E-state index contributed by atoms with van der Waals surface area (Å²) in [5, 5.41) is 14.2. The number of nitrogens with zero attached hydrogens (tertiary/aromatic N) is 3. The average molecular weight is 304 g/mol. The lowest BCUT2D eigenvalue weighted by atomic mass is 10.1. The van der Waals surface area contributed by atoms with Crippen molar-refractivity contribution < 1.29 is 5.11 Å². The van der Waals surface area contributed by atoms with E-state index >= 15 is 0 Å². The average Bonchev–Trinajstić information content (AvgIpc) is 2.42. The first-order chi connectivity index (χ1) is 7.74. The van der Waals surface area contributed by atoms with Crippen molar-refractivity contribution in [2.45, 2.75) is 39.3 Å². The summed E-state index contributed by atoms with van der Waals surface area (Å²) in [5.41, 5.74) is 1.56. The molecule has 0 aliphatic heterocycles. The summed E-state index contributed by atoms with van der Waals surface area (Å²) >= 11 is 3.60. The lowest BCUT2D eigenvalue weighted by molar-refractivity contribution is 0.0418. The number of hydrogen-bond donors (Lipinski definition) is 1. The molecule has 0 spiro atoms. The Morgan fingerprint density at radius 1 is 1.47 bits per heavy atom. The van der Waals surface area contributed by atoms with Crippen molar-refractivity contribution >= 4 is 15.9 Å². The minimum Gasteiger partial charge on any atom is -0.389 e. The van der Waals surface area contributed by atoms with E-state index in [-0.39, 0.29) is 0 Å². The molecule has 0 bridgehead atoms. The Bertz CT molecular complexity index is 382. The summed E-state index contributed by atoms with van der Waals surface area (Å²) in [7, 11) is 3.96. The van der Waals surface area contributed by atoms with Crippen LogP contribution in [0.15, 0.2) is 4.47 Å². The SMILES string of the molecule is CCc1nn(C)c(CN(C)CC(C)(C)O)c1Br. The number of halogens is 1. The van der Waals surface area contributed by atoms with Crippen LogP contribution in [0.25, 0.3) is 0 Å². The van der Waals surface area contributed by atoms with Crippen LogP contribution in [0.4, 0.5) is 0 Å². The summed E-state index contributed by atoms with van der Waals surface area (Å²) < 4.78 is 2.99. The molecule has 0 saturated heterocycles. The van der Waals surface area contributed by atoms with Crippen molar-refractivity contribution in [1.82, 2.24) is 14.7 Å². The molecule has 0 atom stereocenters. The topological polar surface area (TPSA) is 41.3 Å². The van der Waals surface area contributed by atoms with Gasteiger partial charge in [-0.15, -0.1) is 0 Å². The predicted octanol–water partition coefficient (Wildman–Crippen LogP) is 1.95. The van der Waals surface area contributed by atoms with Crippen molar-refractivity contribution in [2.75, 3.05) is 13.6 Å². The second kappa shape index (κ2) is 5.50. The van der Waals surface area contributed by atoms with Gasteiger partial charge in [-0.3, -0.25) is 9.58 Å². The number of aliphatic hydroxyl groups is 1. The van der Waals surface area contributed by atoms with Crippen LogP contribution in [0.2, 0.25) is 0 Å². The molecule has 0 amide bonds. The number of aryl methyl sites for hydroxylation is 2. The maximum absolute atomic E-state index is 9.78. The standard InChI is InChI=1S/C12H22BrN3O/c1-6-9-11(13)10(16(5)14-9)7-15(4)8-12(2,3)17/h17H,6-8H2,1-5H3. The lowest BCUT2D eigenvalue weighted by Gasteiger charge is -2.25. The summed E-state index contributed by atoms with van der Waals surface area (Å²) in [6.07, 6.45) is 0.920. The Labute approximate surface area is 112 Å². The van der Waals surface area contributed by atoms with Gasteiger partial charge in [-0.05, 0) is 43.2 Å². The molecule has 1 N–H and O–H groups in total. The zero-order chi connectivity index (χ0) is 13.2. The lowest BCUT2D eigenvalue weighted by Crippen LogP contribution is -2.36. The molecule has 0 fully saturated rings. The quantitative estimate of drug-likeness (QED) is 0.904. The third-order valence-corrected chi connectivity index (χ3v) is 3.49. The summed E-state index contributed by atoms with van der Waals surface area (Å²) in [5.74, 6) is 0. The van der Waals surface area contributed by atoms with E-state index in [1.54, 1.807) is 0 Å². The van der Waals surface area contributed by atoms with Crippen LogP contribution in [-0.4, -0.2) is 39.0 Å². The fourth-order valence-corrected chi connectivity index (χ4v) is 2.71. The molecule has 5 heteroatoms. The molecule has 0 saturated carbocycles. The van der Waals surface area contributed by atoms with E-state index in [4.69, 9.17) is 0 Å². The van der Waals surface area contributed by atoms with E-state index < -0.39 is 5.60 Å². The zero-order valence-electron chi connectivity index (χ0n) is 11.3. The smallest absolute Gasteiger partial charge is 0.0767 e. The van der Waals surface area contributed by atoms with Crippen LogP contribution < -0.4 is 0 Å². The van der Waals surface area contributed by atoms with Crippen LogP contribution in [0.1, 0.15) is 32.2 Å². The maximum Gasteiger partial charge on any atom is 0.0767 e. The second-order valence-corrected chi connectivity index (χ2v) is 5.96. The summed E-state index contributed by atoms with van der Waals surface area (Å²) in [6.45, 7) is 7.14. The molecule has 4 nitrogen and oxygen atoms in total. The first-order valence-corrected chi connectivity index (χ1v) is 6.65. The molecular formula is C12H22BrN3O. The Hall–Kier alpha value is -0.390. The summed E-state index contributed by atoms with van der Waals surface area (Å²) in [6, 6.07) is 0. The van der Waals surface area contributed by atoms with Crippen LogP contribution in [0, 0.1) is 0 Å². The molecule has 0 aromatic carbocycles. The van der Waals surface area contributed by atoms with Gasteiger partial charge in [0.05, 0.1) is 21.5 Å². The molecular weight excluding hydrogens is 282 g/mol. The van der Waals surface area contributed by atoms with Gasteiger partial charge >= 0.3 is 0 Å². The van der Waals surface area contributed by atoms with Crippen molar-refractivity contribution in [1.29, 1.82) is 0 Å². The van der Waals surface area contributed by atoms with Gasteiger partial charge in [0.15, 0.2) is 0 Å². The highest BCUT2D eigenvalue weighted by atomic mass is 79.9. The van der Waals surface area contributed by atoms with Crippen LogP contribution in [0.5, 0.6) is 0 Å². The van der Waals surface area contributed by atoms with Crippen LogP contribution in [-0.2, 0) is 20.0 Å². The largest absolute Gasteiger partial charge is 0.389 e. The van der Waals surface area contributed by atoms with Crippen molar-refractivity contribution in [2.24, 2.45) is 7.05 Å². The second-order valence-electron chi connectivity index (χ2n) is 5.17. The van der Waals surface area contributed by atoms with Gasteiger partial charge in [-0.25, -0.2) is 0 Å². The third kappa shape index (κ3) is 4.08. The Kier molecular flexibility index (Phi) is 4.75. The molecule has 17 heavy (non-hydrogen) atoms. The molecule has 1 aromatic rings. The van der Waals surface area contributed by atoms with Crippen LogP contribution >= 0.6 is 15.9 Å². The van der Waals surface area contributed by atoms with Crippen LogP contribution in [0.3, 0.4) is 0 Å². The number of rotatable bonds is 5. The molecule has 98 valence electrons. The van der Waals surface area contributed by atoms with Crippen molar-refractivity contribution in [3.05, 3.63) is 15.9 Å². The van der Waals surface area contributed by atoms with E-state index in [0.717, 1.165) is 28.8 Å². The van der Waals surface area contributed by atoms with Gasteiger partial charge in [0.2, 0.25) is 0 Å². The van der Waals surface area contributed by atoms with E-state index in [9.17, 15) is 5.11 Å². The fourth-order valence-electron chi connectivity index (χ4n) is 1.96. The normalized spacial score (nSPS) is 12.5. The van der Waals surface area contributed by atoms with Crippen molar-refractivity contribution in [3.8, 4) is 0 Å². The molecule has 0 aliphatic carbocycles. The highest BCUT2D eigenvalue weighted by molar-refractivity contribution is 9.10. The van der Waals surface area contributed by atoms with Gasteiger partial charge in [-0.1, -0.05) is 6.92 Å². The maximum atomic E-state index is 9.78. The van der Waals surface area contributed by atoms with Gasteiger partial charge in [0, 0.05) is 20.1 Å². The highest BCUT2D eigenvalue weighted by Crippen LogP contribution is 2.23. The van der Waals surface area contributed by atoms with E-state index in [1.807, 2.05) is 32.6 Å². The molecule has 1 rings (SSSR count). The van der Waals surface area contributed by atoms with Gasteiger partial charge in [0.1, 0.15) is 0 Å². The third-order valence-electron chi connectivity index (χ3n) is 2.58. The van der Waals surface area contributed by atoms with Gasteiger partial charge in [0.25, 0.3) is 0 Å². The molecule has 0 aliphatic rings. The first kappa shape index (κ1) is 14.7. The fraction of sp³-hybridized carbons (Fsp3) is 0.750. The minimum absolute atomic E-state index is 0.631. The first-order valence-electron chi connectivity index (χ1n) is 5.85. The van der Waals surface area contributed by atoms with Crippen molar-refractivity contribution in [3.63, 3.8) is 0 Å².